The Hall–Kier alpha value is -1.59. The van der Waals surface area contributed by atoms with Gasteiger partial charge in [0, 0.05) is 12.5 Å². The summed E-state index contributed by atoms with van der Waals surface area (Å²) in [5.74, 6) is -9.76. The summed E-state index contributed by atoms with van der Waals surface area (Å²) < 4.78 is 56.1. The second-order valence-corrected chi connectivity index (χ2v) is 7.78. The summed E-state index contributed by atoms with van der Waals surface area (Å²) in [6.45, 7) is 2.32. The molecule has 0 radical (unpaired) electrons. The molecule has 1 fully saturated rings. The molecule has 27 heavy (non-hydrogen) atoms. The summed E-state index contributed by atoms with van der Waals surface area (Å²) in [7, 11) is 0. The summed E-state index contributed by atoms with van der Waals surface area (Å²) in [6, 6.07) is 3.27. The molecule has 1 aliphatic carbocycles. The van der Waals surface area contributed by atoms with Crippen LogP contribution in [-0.2, 0) is 5.92 Å². The van der Waals surface area contributed by atoms with Crippen LogP contribution >= 0.6 is 0 Å². The Labute approximate surface area is 158 Å². The van der Waals surface area contributed by atoms with E-state index in [1.807, 2.05) is 0 Å². The first-order chi connectivity index (χ1) is 12.6. The van der Waals surface area contributed by atoms with Crippen LogP contribution in [0.1, 0.15) is 92.6 Å². The zero-order valence-electron chi connectivity index (χ0n) is 15.9. The van der Waals surface area contributed by atoms with Crippen molar-refractivity contribution in [2.24, 2.45) is 5.92 Å². The normalized spacial score (nSPS) is 21.3. The molecule has 1 N–H and O–H groups in total. The molecular weight excluding hydrogens is 360 g/mol. The van der Waals surface area contributed by atoms with Crippen molar-refractivity contribution in [2.75, 3.05) is 0 Å². The molecule has 6 heteroatoms. The van der Waals surface area contributed by atoms with Crippen molar-refractivity contribution in [3.05, 3.63) is 34.9 Å². The Morgan fingerprint density at radius 3 is 2.26 bits per heavy atom. The number of carboxylic acid groups (broad SMARTS) is 1. The first-order valence-electron chi connectivity index (χ1n) is 9.71. The van der Waals surface area contributed by atoms with Gasteiger partial charge in [0.2, 0.25) is 0 Å². The standard InChI is InChI=1S/C21H28F4O2/c1-3-4-5-6-14-7-9-15(10-8-14)17-12-11-16(19(26)27)13-18(17)21(24,25)20(2,22)23/h11-15H,3-10H2,1-2H3,(H,26,27). The Kier molecular flexibility index (Phi) is 6.92. The maximum absolute atomic E-state index is 14.5. The number of aromatic carboxylic acids is 1. The summed E-state index contributed by atoms with van der Waals surface area (Å²) >= 11 is 0. The zero-order chi connectivity index (χ0) is 20.2. The largest absolute Gasteiger partial charge is 0.478 e. The summed E-state index contributed by atoms with van der Waals surface area (Å²) in [4.78, 5) is 11.2. The molecule has 0 spiro atoms. The maximum Gasteiger partial charge on any atom is 0.335 e. The van der Waals surface area contributed by atoms with Gasteiger partial charge >= 0.3 is 17.8 Å². The number of carboxylic acids is 1. The number of rotatable bonds is 8. The predicted molar refractivity (Wildman–Crippen MR) is 96.8 cm³/mol. The monoisotopic (exact) mass is 388 g/mol. The molecule has 1 aliphatic rings. The van der Waals surface area contributed by atoms with Crippen LogP contribution in [0.4, 0.5) is 17.6 Å². The molecule has 2 nitrogen and oxygen atoms in total. The molecule has 0 atom stereocenters. The van der Waals surface area contributed by atoms with Crippen LogP contribution < -0.4 is 0 Å². The summed E-state index contributed by atoms with van der Waals surface area (Å²) in [5, 5.41) is 9.08. The van der Waals surface area contributed by atoms with Gasteiger partial charge < -0.3 is 5.11 Å². The highest BCUT2D eigenvalue weighted by atomic mass is 19.3. The molecule has 0 unspecified atom stereocenters. The fourth-order valence-corrected chi connectivity index (χ4v) is 4.00. The molecule has 0 bridgehead atoms. The first kappa shape index (κ1) is 21.7. The van der Waals surface area contributed by atoms with Crippen molar-refractivity contribution in [1.82, 2.24) is 0 Å². The van der Waals surface area contributed by atoms with Crippen LogP contribution in [0.25, 0.3) is 0 Å². The zero-order valence-corrected chi connectivity index (χ0v) is 15.9. The van der Waals surface area contributed by atoms with Gasteiger partial charge in [0.15, 0.2) is 0 Å². The molecule has 0 amide bonds. The molecular formula is C21H28F4O2. The van der Waals surface area contributed by atoms with Crippen LogP contribution in [0.3, 0.4) is 0 Å². The average molecular weight is 388 g/mol. The average Bonchev–Trinajstić information content (AvgIpc) is 2.61. The lowest BCUT2D eigenvalue weighted by Crippen LogP contribution is -2.36. The van der Waals surface area contributed by atoms with Crippen molar-refractivity contribution in [3.63, 3.8) is 0 Å². The highest BCUT2D eigenvalue weighted by molar-refractivity contribution is 5.88. The van der Waals surface area contributed by atoms with Gasteiger partial charge in [-0.2, -0.15) is 17.6 Å². The van der Waals surface area contributed by atoms with Gasteiger partial charge in [-0.1, -0.05) is 38.7 Å². The maximum atomic E-state index is 14.5. The highest BCUT2D eigenvalue weighted by Gasteiger charge is 2.55. The van der Waals surface area contributed by atoms with E-state index in [1.165, 1.54) is 18.6 Å². The topological polar surface area (TPSA) is 37.3 Å². The predicted octanol–water partition coefficient (Wildman–Crippen LogP) is 6.99. The number of hydrogen-bond donors (Lipinski definition) is 1. The van der Waals surface area contributed by atoms with Crippen molar-refractivity contribution in [2.45, 2.75) is 83.0 Å². The third-order valence-electron chi connectivity index (χ3n) is 5.69. The number of unbranched alkanes of at least 4 members (excludes halogenated alkanes) is 2. The van der Waals surface area contributed by atoms with Gasteiger partial charge in [0.25, 0.3) is 0 Å². The number of hydrogen-bond acceptors (Lipinski definition) is 1. The highest BCUT2D eigenvalue weighted by Crippen LogP contribution is 2.48. The van der Waals surface area contributed by atoms with Crippen molar-refractivity contribution < 1.29 is 27.5 Å². The molecule has 2 rings (SSSR count). The molecule has 1 aromatic carbocycles. The molecule has 0 aliphatic heterocycles. The molecule has 0 saturated heterocycles. The molecule has 152 valence electrons. The third-order valence-corrected chi connectivity index (χ3v) is 5.69. The minimum absolute atomic E-state index is 0.165. The van der Waals surface area contributed by atoms with E-state index in [0.29, 0.717) is 18.8 Å². The second-order valence-electron chi connectivity index (χ2n) is 7.78. The van der Waals surface area contributed by atoms with E-state index in [-0.39, 0.29) is 18.4 Å². The lowest BCUT2D eigenvalue weighted by atomic mass is 9.75. The van der Waals surface area contributed by atoms with E-state index in [4.69, 9.17) is 5.11 Å². The van der Waals surface area contributed by atoms with Crippen LogP contribution in [0.2, 0.25) is 0 Å². The number of benzene rings is 1. The Bertz CT molecular complexity index is 644. The van der Waals surface area contributed by atoms with Crippen LogP contribution in [0.5, 0.6) is 0 Å². The Morgan fingerprint density at radius 2 is 1.74 bits per heavy atom. The van der Waals surface area contributed by atoms with E-state index in [1.54, 1.807) is 0 Å². The van der Waals surface area contributed by atoms with Gasteiger partial charge in [0.1, 0.15) is 0 Å². The third kappa shape index (κ3) is 5.02. The van der Waals surface area contributed by atoms with Gasteiger partial charge in [-0.05, 0) is 55.2 Å². The van der Waals surface area contributed by atoms with Crippen LogP contribution in [0, 0.1) is 5.92 Å². The minimum atomic E-state index is -4.41. The molecule has 1 saturated carbocycles. The first-order valence-corrected chi connectivity index (χ1v) is 9.71. The number of halogens is 4. The number of carbonyl (C=O) groups is 1. The van der Waals surface area contributed by atoms with Crippen LogP contribution in [0.15, 0.2) is 18.2 Å². The Balaban J connectivity index is 2.26. The lowest BCUT2D eigenvalue weighted by Gasteiger charge is -2.33. The van der Waals surface area contributed by atoms with Gasteiger partial charge in [-0.3, -0.25) is 0 Å². The van der Waals surface area contributed by atoms with Crippen LogP contribution in [-0.4, -0.2) is 17.0 Å². The molecule has 0 aromatic heterocycles. The summed E-state index contributed by atoms with van der Waals surface area (Å²) in [6.07, 6.45) is 7.72. The van der Waals surface area contributed by atoms with E-state index in [0.717, 1.165) is 38.2 Å². The van der Waals surface area contributed by atoms with Gasteiger partial charge in [-0.25, -0.2) is 4.79 Å². The van der Waals surface area contributed by atoms with E-state index >= 15 is 0 Å². The SMILES string of the molecule is CCCCCC1CCC(c2ccc(C(=O)O)cc2C(F)(F)C(C)(F)F)CC1. The quantitative estimate of drug-likeness (QED) is 0.385. The molecule has 1 aromatic rings. The van der Waals surface area contributed by atoms with E-state index in [9.17, 15) is 22.4 Å². The fraction of sp³-hybridized carbons (Fsp3) is 0.667. The minimum Gasteiger partial charge on any atom is -0.478 e. The van der Waals surface area contributed by atoms with Gasteiger partial charge in [-0.15, -0.1) is 0 Å². The second kappa shape index (κ2) is 8.61. The lowest BCUT2D eigenvalue weighted by molar-refractivity contribution is -0.205. The van der Waals surface area contributed by atoms with Crippen molar-refractivity contribution in [3.8, 4) is 0 Å². The number of alkyl halides is 4. The smallest absolute Gasteiger partial charge is 0.335 e. The fourth-order valence-electron chi connectivity index (χ4n) is 4.00. The Morgan fingerprint density at radius 1 is 1.11 bits per heavy atom. The van der Waals surface area contributed by atoms with Crippen molar-refractivity contribution in [1.29, 1.82) is 0 Å². The van der Waals surface area contributed by atoms with Crippen molar-refractivity contribution >= 4 is 5.97 Å². The van der Waals surface area contributed by atoms with E-state index in [2.05, 4.69) is 6.92 Å². The molecule has 0 heterocycles. The summed E-state index contributed by atoms with van der Waals surface area (Å²) in [5.41, 5.74) is -1.08. The van der Waals surface area contributed by atoms with E-state index < -0.39 is 28.9 Å². The van der Waals surface area contributed by atoms with Gasteiger partial charge in [0.05, 0.1) is 5.56 Å².